The number of rotatable bonds is 4. The Morgan fingerprint density at radius 1 is 1.29 bits per heavy atom. The lowest BCUT2D eigenvalue weighted by Gasteiger charge is -2.34. The lowest BCUT2D eigenvalue weighted by molar-refractivity contribution is 0.226. The van der Waals surface area contributed by atoms with Crippen LogP contribution in [0.2, 0.25) is 18.6 Å². The molecule has 0 saturated carbocycles. The summed E-state index contributed by atoms with van der Waals surface area (Å²) in [4.78, 5) is 0. The summed E-state index contributed by atoms with van der Waals surface area (Å²) in [5.74, 6) is 0. The third-order valence-corrected chi connectivity index (χ3v) is 6.85. The number of allylic oxidation sites excluding steroid dienone is 1. The zero-order chi connectivity index (χ0) is 10.4. The first kappa shape index (κ1) is 12.0. The van der Waals surface area contributed by atoms with Gasteiger partial charge in [0.2, 0.25) is 0 Å². The molecule has 1 nitrogen and oxygen atoms in total. The fourth-order valence-corrected chi connectivity index (χ4v) is 5.71. The first-order valence-corrected chi connectivity index (χ1v) is 8.83. The van der Waals surface area contributed by atoms with Gasteiger partial charge in [-0.25, -0.2) is 0 Å². The van der Waals surface area contributed by atoms with Crippen LogP contribution in [0.1, 0.15) is 39.5 Å². The van der Waals surface area contributed by atoms with Crippen molar-refractivity contribution in [2.75, 3.05) is 0 Å². The lowest BCUT2D eigenvalue weighted by atomic mass is 10.3. The summed E-state index contributed by atoms with van der Waals surface area (Å²) in [6.07, 6.45) is 10.1. The van der Waals surface area contributed by atoms with E-state index in [9.17, 15) is 0 Å². The maximum Gasteiger partial charge on any atom is 0.190 e. The van der Waals surface area contributed by atoms with Gasteiger partial charge in [-0.3, -0.25) is 0 Å². The molecule has 1 heterocycles. The summed E-state index contributed by atoms with van der Waals surface area (Å²) in [5, 5.41) is 0. The zero-order valence-electron chi connectivity index (χ0n) is 9.88. The van der Waals surface area contributed by atoms with Gasteiger partial charge in [0, 0.05) is 0 Å². The van der Waals surface area contributed by atoms with Gasteiger partial charge in [0.15, 0.2) is 8.32 Å². The molecule has 1 saturated heterocycles. The second kappa shape index (κ2) is 5.71. The maximum absolute atomic E-state index is 6.32. The number of hydrogen-bond acceptors (Lipinski definition) is 1. The van der Waals surface area contributed by atoms with Crippen LogP contribution in [0.4, 0.5) is 0 Å². The predicted octanol–water partition coefficient (Wildman–Crippen LogP) is 4.12. The summed E-state index contributed by atoms with van der Waals surface area (Å²) in [6, 6.07) is 2.75. The van der Waals surface area contributed by atoms with Gasteiger partial charge in [-0.15, -0.1) is 0 Å². The Hall–Kier alpha value is -0.0831. The van der Waals surface area contributed by atoms with Crippen LogP contribution in [0.25, 0.3) is 0 Å². The van der Waals surface area contributed by atoms with E-state index in [0.29, 0.717) is 6.10 Å². The molecule has 1 fully saturated rings. The first-order valence-electron chi connectivity index (χ1n) is 6.01. The second-order valence-corrected chi connectivity index (χ2v) is 8.74. The molecule has 0 spiro atoms. The van der Waals surface area contributed by atoms with E-state index in [2.05, 4.69) is 32.5 Å². The molecule has 1 aliphatic heterocycles. The van der Waals surface area contributed by atoms with Crippen LogP contribution in [-0.2, 0) is 4.43 Å². The molecule has 2 heteroatoms. The van der Waals surface area contributed by atoms with Crippen molar-refractivity contribution in [2.45, 2.75) is 64.3 Å². The minimum absolute atomic E-state index is 0.384. The average molecular weight is 212 g/mol. The third-order valence-electron chi connectivity index (χ3n) is 3.16. The van der Waals surface area contributed by atoms with Gasteiger partial charge in [0.25, 0.3) is 0 Å². The number of hydrogen-bond donors (Lipinski definition) is 0. The minimum Gasteiger partial charge on any atom is -0.411 e. The molecule has 0 aromatic carbocycles. The van der Waals surface area contributed by atoms with E-state index in [0.717, 1.165) is 6.42 Å². The lowest BCUT2D eigenvalue weighted by Crippen LogP contribution is -2.39. The Morgan fingerprint density at radius 2 is 1.93 bits per heavy atom. The summed E-state index contributed by atoms with van der Waals surface area (Å²) in [7, 11) is -1.31. The van der Waals surface area contributed by atoms with Crippen molar-refractivity contribution in [3.63, 3.8) is 0 Å². The normalized spacial score (nSPS) is 23.9. The molecule has 1 atom stereocenters. The molecular formula is C12H24OSi. The van der Waals surface area contributed by atoms with Gasteiger partial charge < -0.3 is 4.43 Å². The van der Waals surface area contributed by atoms with Crippen LogP contribution in [0, 0.1) is 0 Å². The highest BCUT2D eigenvalue weighted by atomic mass is 28.4. The Morgan fingerprint density at radius 3 is 2.43 bits per heavy atom. The van der Waals surface area contributed by atoms with Crippen molar-refractivity contribution >= 4 is 8.32 Å². The smallest absolute Gasteiger partial charge is 0.190 e. The highest BCUT2D eigenvalue weighted by Gasteiger charge is 2.32. The minimum atomic E-state index is -1.31. The molecular weight excluding hydrogens is 188 g/mol. The van der Waals surface area contributed by atoms with Crippen LogP contribution in [-0.4, -0.2) is 14.4 Å². The van der Waals surface area contributed by atoms with Crippen molar-refractivity contribution in [3.8, 4) is 0 Å². The van der Waals surface area contributed by atoms with Crippen LogP contribution in [0.5, 0.6) is 0 Å². The van der Waals surface area contributed by atoms with Crippen molar-refractivity contribution in [1.29, 1.82) is 0 Å². The Labute approximate surface area is 89.7 Å². The molecule has 0 aromatic rings. The summed E-state index contributed by atoms with van der Waals surface area (Å²) >= 11 is 0. The van der Waals surface area contributed by atoms with Gasteiger partial charge in [0.1, 0.15) is 0 Å². The van der Waals surface area contributed by atoms with Crippen molar-refractivity contribution in [3.05, 3.63) is 12.2 Å². The van der Waals surface area contributed by atoms with Crippen molar-refractivity contribution in [2.24, 2.45) is 0 Å². The Kier molecular flexibility index (Phi) is 4.89. The quantitative estimate of drug-likeness (QED) is 0.503. The van der Waals surface area contributed by atoms with E-state index in [1.165, 1.54) is 31.4 Å². The molecule has 1 rings (SSSR count). The second-order valence-electron chi connectivity index (χ2n) is 4.60. The molecule has 0 bridgehead atoms. The zero-order valence-corrected chi connectivity index (χ0v) is 10.9. The average Bonchev–Trinajstić information content (AvgIpc) is 2.18. The summed E-state index contributed by atoms with van der Waals surface area (Å²) in [6.45, 7) is 6.71. The molecule has 0 aromatic heterocycles. The van der Waals surface area contributed by atoms with Gasteiger partial charge in [-0.2, -0.15) is 0 Å². The van der Waals surface area contributed by atoms with Crippen molar-refractivity contribution < 1.29 is 4.43 Å². The molecule has 1 aliphatic rings. The van der Waals surface area contributed by atoms with Crippen LogP contribution in [0.3, 0.4) is 0 Å². The molecule has 0 radical (unpaired) electrons. The molecule has 14 heavy (non-hydrogen) atoms. The predicted molar refractivity (Wildman–Crippen MR) is 65.1 cm³/mol. The van der Waals surface area contributed by atoms with Crippen LogP contribution >= 0.6 is 0 Å². The first-order chi connectivity index (χ1) is 6.70. The monoisotopic (exact) mass is 212 g/mol. The fourth-order valence-electron chi connectivity index (χ4n) is 2.26. The van der Waals surface area contributed by atoms with Crippen LogP contribution < -0.4 is 0 Å². The van der Waals surface area contributed by atoms with Crippen molar-refractivity contribution in [1.82, 2.24) is 0 Å². The molecule has 0 N–H and O–H groups in total. The van der Waals surface area contributed by atoms with Gasteiger partial charge >= 0.3 is 0 Å². The summed E-state index contributed by atoms with van der Waals surface area (Å²) < 4.78 is 6.32. The summed E-state index contributed by atoms with van der Waals surface area (Å²) in [5.41, 5.74) is 0. The molecule has 1 unspecified atom stereocenters. The standard InChI is InChI=1S/C12H24OSi/c1-4-9-12(5-2)13-14(3)10-7-6-8-11-14/h4,9,12H,5-8,10-11H2,1-3H3/b9-4+. The highest BCUT2D eigenvalue weighted by Crippen LogP contribution is 2.30. The van der Waals surface area contributed by atoms with E-state index in [1.807, 2.05) is 0 Å². The topological polar surface area (TPSA) is 9.23 Å². The van der Waals surface area contributed by atoms with E-state index >= 15 is 0 Å². The van der Waals surface area contributed by atoms with Gasteiger partial charge in [-0.05, 0) is 32.0 Å². The van der Waals surface area contributed by atoms with Gasteiger partial charge in [0.05, 0.1) is 6.10 Å². The van der Waals surface area contributed by atoms with Gasteiger partial charge in [-0.1, -0.05) is 38.3 Å². The molecule has 0 aliphatic carbocycles. The van der Waals surface area contributed by atoms with Crippen LogP contribution in [0.15, 0.2) is 12.2 Å². The van der Waals surface area contributed by atoms with E-state index in [4.69, 9.17) is 4.43 Å². The molecule has 82 valence electrons. The van der Waals surface area contributed by atoms with E-state index in [-0.39, 0.29) is 0 Å². The SMILES string of the molecule is C/C=C/C(CC)O[Si]1(C)CCCCC1. The maximum atomic E-state index is 6.32. The van der Waals surface area contributed by atoms with E-state index in [1.54, 1.807) is 0 Å². The fraction of sp³-hybridized carbons (Fsp3) is 0.833. The Bertz CT molecular complexity index is 183. The molecule has 0 amide bonds. The third kappa shape index (κ3) is 3.58. The highest BCUT2D eigenvalue weighted by molar-refractivity contribution is 6.72. The Balaban J connectivity index is 2.46. The van der Waals surface area contributed by atoms with E-state index < -0.39 is 8.32 Å². The largest absolute Gasteiger partial charge is 0.411 e.